The number of nitrogens with one attached hydrogen (secondary N) is 1. The fraction of sp³-hybridized carbons (Fsp3) is 0.455. The Hall–Kier alpha value is -2.59. The first-order valence-electron chi connectivity index (χ1n) is 10.6. The fourth-order valence-electron chi connectivity index (χ4n) is 6.63. The summed E-state index contributed by atoms with van der Waals surface area (Å²) in [4.78, 5) is 54.8. The van der Waals surface area contributed by atoms with Gasteiger partial charge in [-0.15, -0.1) is 11.8 Å². The molecule has 2 saturated carbocycles. The van der Waals surface area contributed by atoms with Crippen molar-refractivity contribution in [3.05, 3.63) is 44.4 Å². The SMILES string of the molecule is C[C@H](C(=O)O)N1C(=O)[C@@H]2[C@@H]3C[C@H]([C@H]4Sc5[nH]c(=O)sc5[C@@H](c5ccccc5O)[C@H]34)[C@@H]2C1=O. The maximum Gasteiger partial charge on any atom is 0.326 e. The van der Waals surface area contributed by atoms with Gasteiger partial charge in [0.2, 0.25) is 11.8 Å². The van der Waals surface area contributed by atoms with Crippen LogP contribution in [-0.2, 0) is 14.4 Å². The summed E-state index contributed by atoms with van der Waals surface area (Å²) in [7, 11) is 0. The van der Waals surface area contributed by atoms with Gasteiger partial charge in [-0.25, -0.2) is 4.79 Å². The van der Waals surface area contributed by atoms with E-state index in [-0.39, 0.29) is 45.5 Å². The molecular formula is C22H20N2O6S2. The molecule has 1 aromatic carbocycles. The molecule has 166 valence electrons. The number of benzene rings is 1. The molecule has 2 aliphatic heterocycles. The van der Waals surface area contributed by atoms with Gasteiger partial charge in [-0.1, -0.05) is 29.5 Å². The van der Waals surface area contributed by atoms with E-state index in [4.69, 9.17) is 0 Å². The molecule has 2 amide bonds. The number of aromatic nitrogens is 1. The van der Waals surface area contributed by atoms with Crippen molar-refractivity contribution in [1.29, 1.82) is 0 Å². The van der Waals surface area contributed by atoms with Crippen LogP contribution in [0.5, 0.6) is 5.75 Å². The standard InChI is InChI=1S/C22H20N2O6S2/c1-7(21(28)29)24-19(26)14-9-6-10(15(14)20(24)27)16-13(9)12(8-4-2-3-5-11(8)25)17-18(31-16)23-22(30)32-17/h2-5,7,9-10,12-16,25H,6H2,1H3,(H,23,30)(H,28,29)/t7-,9-,10+,12+,13+,14-,15+,16-/m1/s1. The normalized spacial score (nSPS) is 35.5. The maximum absolute atomic E-state index is 13.3. The molecule has 3 fully saturated rings. The van der Waals surface area contributed by atoms with Crippen LogP contribution in [-0.4, -0.2) is 49.2 Å². The Bertz CT molecular complexity index is 1240. The molecule has 6 rings (SSSR count). The number of thiazole rings is 1. The predicted molar refractivity (Wildman–Crippen MR) is 116 cm³/mol. The van der Waals surface area contributed by atoms with Gasteiger partial charge in [-0.2, -0.15) is 0 Å². The second kappa shape index (κ2) is 6.71. The summed E-state index contributed by atoms with van der Waals surface area (Å²) in [6.45, 7) is 1.37. The van der Waals surface area contributed by atoms with Gasteiger partial charge in [0, 0.05) is 21.6 Å². The number of para-hydroxylation sites is 1. The Kier molecular flexibility index (Phi) is 4.20. The van der Waals surface area contributed by atoms with E-state index >= 15 is 0 Å². The highest BCUT2D eigenvalue weighted by Gasteiger charge is 2.70. The number of carboxylic acid groups (broad SMARTS) is 1. The first kappa shape index (κ1) is 20.0. The number of phenols is 1. The molecule has 10 heteroatoms. The second-order valence-corrected chi connectivity index (χ2v) is 11.3. The van der Waals surface area contributed by atoms with Gasteiger partial charge in [0.05, 0.1) is 16.9 Å². The van der Waals surface area contributed by atoms with E-state index < -0.39 is 29.8 Å². The number of thioether (sulfide) groups is 1. The lowest BCUT2D eigenvalue weighted by Crippen LogP contribution is -2.44. The second-order valence-electron chi connectivity index (χ2n) is 9.08. The van der Waals surface area contributed by atoms with E-state index in [1.54, 1.807) is 23.9 Å². The minimum absolute atomic E-state index is 0.000408. The van der Waals surface area contributed by atoms with Gasteiger partial charge in [-0.05, 0) is 37.2 Å². The van der Waals surface area contributed by atoms with Crippen molar-refractivity contribution < 1.29 is 24.6 Å². The van der Waals surface area contributed by atoms with E-state index in [1.807, 2.05) is 12.1 Å². The summed E-state index contributed by atoms with van der Waals surface area (Å²) in [5, 5.41) is 20.9. The van der Waals surface area contributed by atoms with Gasteiger partial charge < -0.3 is 15.2 Å². The number of H-pyrrole nitrogens is 1. The number of aromatic amines is 1. The van der Waals surface area contributed by atoms with Crippen molar-refractivity contribution in [1.82, 2.24) is 9.88 Å². The summed E-state index contributed by atoms with van der Waals surface area (Å²) in [6.07, 6.45) is 0.716. The Labute approximate surface area is 190 Å². The van der Waals surface area contributed by atoms with Crippen molar-refractivity contribution in [2.45, 2.75) is 35.6 Å². The van der Waals surface area contributed by atoms with Crippen LogP contribution in [0.4, 0.5) is 0 Å². The highest BCUT2D eigenvalue weighted by molar-refractivity contribution is 8.00. The van der Waals surface area contributed by atoms with E-state index in [1.165, 1.54) is 6.92 Å². The molecule has 32 heavy (non-hydrogen) atoms. The largest absolute Gasteiger partial charge is 0.508 e. The number of hydrogen-bond acceptors (Lipinski definition) is 7. The predicted octanol–water partition coefficient (Wildman–Crippen LogP) is 2.09. The van der Waals surface area contributed by atoms with Gasteiger partial charge in [0.1, 0.15) is 11.8 Å². The maximum atomic E-state index is 13.3. The average molecular weight is 473 g/mol. The Morgan fingerprint density at radius 2 is 1.84 bits per heavy atom. The first-order chi connectivity index (χ1) is 15.3. The molecule has 2 bridgehead atoms. The van der Waals surface area contributed by atoms with Gasteiger partial charge in [-0.3, -0.25) is 19.3 Å². The number of nitrogens with zero attached hydrogens (tertiary/aromatic N) is 1. The molecule has 2 aromatic rings. The molecule has 1 aromatic heterocycles. The zero-order valence-corrected chi connectivity index (χ0v) is 18.6. The number of fused-ring (bicyclic) bond motifs is 9. The van der Waals surface area contributed by atoms with Crippen molar-refractivity contribution in [2.75, 3.05) is 0 Å². The molecule has 2 aliphatic carbocycles. The summed E-state index contributed by atoms with van der Waals surface area (Å²) < 4.78 is 0. The Morgan fingerprint density at radius 3 is 2.53 bits per heavy atom. The smallest absolute Gasteiger partial charge is 0.326 e. The van der Waals surface area contributed by atoms with Crippen LogP contribution in [0, 0.1) is 29.6 Å². The quantitative estimate of drug-likeness (QED) is 0.584. The zero-order chi connectivity index (χ0) is 22.5. The lowest BCUT2D eigenvalue weighted by atomic mass is 9.68. The minimum atomic E-state index is -1.20. The van der Waals surface area contributed by atoms with Crippen molar-refractivity contribution >= 4 is 40.9 Å². The van der Waals surface area contributed by atoms with Gasteiger partial charge in [0.25, 0.3) is 0 Å². The van der Waals surface area contributed by atoms with E-state index in [0.717, 1.165) is 31.7 Å². The highest BCUT2D eigenvalue weighted by Crippen LogP contribution is 2.69. The minimum Gasteiger partial charge on any atom is -0.508 e. The fourth-order valence-corrected chi connectivity index (χ4v) is 9.51. The number of carbonyl (C=O) groups excluding carboxylic acids is 2. The third kappa shape index (κ3) is 2.45. The number of amides is 2. The third-order valence-electron chi connectivity index (χ3n) is 7.77. The molecule has 0 unspecified atom stereocenters. The summed E-state index contributed by atoms with van der Waals surface area (Å²) >= 11 is 2.69. The van der Waals surface area contributed by atoms with Crippen LogP contribution < -0.4 is 4.87 Å². The lowest BCUT2D eigenvalue weighted by molar-refractivity contribution is -0.154. The lowest BCUT2D eigenvalue weighted by Gasteiger charge is -2.43. The summed E-state index contributed by atoms with van der Waals surface area (Å²) in [5.41, 5.74) is 0.718. The van der Waals surface area contributed by atoms with Crippen LogP contribution in [0.25, 0.3) is 0 Å². The Balaban J connectivity index is 1.47. The monoisotopic (exact) mass is 472 g/mol. The third-order valence-corrected chi connectivity index (χ3v) is 10.4. The molecule has 8 nitrogen and oxygen atoms in total. The average Bonchev–Trinajstić information content (AvgIpc) is 3.47. The molecule has 3 heterocycles. The topological polar surface area (TPSA) is 128 Å². The van der Waals surface area contributed by atoms with Crippen molar-refractivity contribution in [2.24, 2.45) is 29.6 Å². The number of phenolic OH excluding ortho intramolecular Hbond substituents is 1. The molecule has 0 radical (unpaired) electrons. The van der Waals surface area contributed by atoms with Crippen LogP contribution in [0.2, 0.25) is 0 Å². The van der Waals surface area contributed by atoms with Crippen molar-refractivity contribution in [3.8, 4) is 5.75 Å². The first-order valence-corrected chi connectivity index (χ1v) is 12.3. The van der Waals surface area contributed by atoms with E-state index in [0.29, 0.717) is 6.42 Å². The summed E-state index contributed by atoms with van der Waals surface area (Å²) in [5.74, 6) is -3.36. The molecular weight excluding hydrogens is 452 g/mol. The number of aliphatic carboxylic acids is 1. The molecule has 0 spiro atoms. The number of carboxylic acids is 1. The highest BCUT2D eigenvalue weighted by atomic mass is 32.2. The molecule has 4 aliphatic rings. The zero-order valence-electron chi connectivity index (χ0n) is 16.9. The van der Waals surface area contributed by atoms with Gasteiger partial charge in [0.15, 0.2) is 0 Å². The van der Waals surface area contributed by atoms with E-state index in [9.17, 15) is 29.4 Å². The number of aromatic hydroxyl groups is 1. The van der Waals surface area contributed by atoms with Crippen LogP contribution >= 0.6 is 23.1 Å². The van der Waals surface area contributed by atoms with Crippen LogP contribution in [0.15, 0.2) is 34.1 Å². The number of imide groups is 1. The van der Waals surface area contributed by atoms with E-state index in [2.05, 4.69) is 4.98 Å². The number of hydrogen-bond donors (Lipinski definition) is 3. The van der Waals surface area contributed by atoms with Crippen molar-refractivity contribution in [3.63, 3.8) is 0 Å². The van der Waals surface area contributed by atoms with Gasteiger partial charge >= 0.3 is 10.8 Å². The Morgan fingerprint density at radius 1 is 1.16 bits per heavy atom. The summed E-state index contributed by atoms with van der Waals surface area (Å²) in [6, 6.07) is 5.87. The number of likely N-dealkylation sites (tertiary alicyclic amines) is 1. The van der Waals surface area contributed by atoms with Crippen LogP contribution in [0.1, 0.15) is 29.7 Å². The molecule has 3 N–H and O–H groups in total. The number of carbonyl (C=O) groups is 3. The molecule has 1 saturated heterocycles. The van der Waals surface area contributed by atoms with Crippen LogP contribution in [0.3, 0.4) is 0 Å². The molecule has 8 atom stereocenters. The number of rotatable bonds is 3.